The summed E-state index contributed by atoms with van der Waals surface area (Å²) in [4.78, 5) is 72.4. The number of carbonyl (C=O) groups is 4. The predicted molar refractivity (Wildman–Crippen MR) is 349 cm³/mol. The molecule has 0 spiro atoms. The van der Waals surface area contributed by atoms with E-state index in [0.29, 0.717) is 37.5 Å². The Morgan fingerprint density at radius 3 is 0.931 bits per heavy atom. The second-order valence-electron chi connectivity index (χ2n) is 25.3. The van der Waals surface area contributed by atoms with E-state index in [9.17, 15) is 43.2 Å². The SMILES string of the molecule is CCCCCC/C=C\C=C/CCCCCCCC(=O)O[C@H](COC(=O)CCCCCCCCCC(C)C)COP(=O)(O)OCC(O)COP(=O)(O)OC[C@@H](COC(=O)CCCCCCCCCC(C)C)OC(=O)CCCCCCCCCCCC(C)C. The van der Waals surface area contributed by atoms with Crippen LogP contribution in [0.25, 0.3) is 0 Å². The number of aliphatic hydroxyl groups is 1. The number of hydrogen-bond acceptors (Lipinski definition) is 15. The van der Waals surface area contributed by atoms with Gasteiger partial charge in [-0.05, 0) is 69.1 Å². The van der Waals surface area contributed by atoms with Crippen molar-refractivity contribution in [3.05, 3.63) is 24.3 Å². The van der Waals surface area contributed by atoms with Crippen LogP contribution in [0.5, 0.6) is 0 Å². The molecule has 0 aliphatic rings. The summed E-state index contributed by atoms with van der Waals surface area (Å²) in [6.45, 7) is 11.6. The Morgan fingerprint density at radius 2 is 0.621 bits per heavy atom. The summed E-state index contributed by atoms with van der Waals surface area (Å²) in [7, 11) is -9.91. The molecule has 0 fully saturated rings. The molecule has 0 aliphatic heterocycles. The summed E-state index contributed by atoms with van der Waals surface area (Å²) >= 11 is 0. The normalized spacial score (nSPS) is 14.4. The Hall–Kier alpha value is -2.46. The van der Waals surface area contributed by atoms with Crippen molar-refractivity contribution in [1.82, 2.24) is 0 Å². The smallest absolute Gasteiger partial charge is 0.462 e. The van der Waals surface area contributed by atoms with Gasteiger partial charge in [0, 0.05) is 25.7 Å². The van der Waals surface area contributed by atoms with Gasteiger partial charge in [-0.15, -0.1) is 0 Å². The number of esters is 4. The van der Waals surface area contributed by atoms with Gasteiger partial charge >= 0.3 is 39.5 Å². The summed E-state index contributed by atoms with van der Waals surface area (Å²) in [6.07, 6.45) is 44.1. The number of aliphatic hydroxyl groups excluding tert-OH is 1. The molecule has 0 aromatic heterocycles. The van der Waals surface area contributed by atoms with Crippen LogP contribution >= 0.6 is 15.6 Å². The average Bonchev–Trinajstić information content (AvgIpc) is 3.66. The predicted octanol–water partition coefficient (Wildman–Crippen LogP) is 18.6. The van der Waals surface area contributed by atoms with Crippen LogP contribution in [0.1, 0.15) is 312 Å². The first-order chi connectivity index (χ1) is 41.7. The summed E-state index contributed by atoms with van der Waals surface area (Å²) in [6, 6.07) is 0. The summed E-state index contributed by atoms with van der Waals surface area (Å²) in [5, 5.41) is 10.6. The quantitative estimate of drug-likeness (QED) is 0.0169. The fraction of sp³-hybridized carbons (Fsp3) is 0.882. The molecule has 0 rings (SSSR count). The highest BCUT2D eigenvalue weighted by Crippen LogP contribution is 2.45. The van der Waals surface area contributed by atoms with E-state index >= 15 is 0 Å². The maximum absolute atomic E-state index is 13.0. The zero-order chi connectivity index (χ0) is 64.5. The van der Waals surface area contributed by atoms with Crippen LogP contribution in [0.3, 0.4) is 0 Å². The molecule has 19 heteroatoms. The lowest BCUT2D eigenvalue weighted by Crippen LogP contribution is -2.30. The zero-order valence-electron chi connectivity index (χ0n) is 56.0. The van der Waals surface area contributed by atoms with E-state index in [-0.39, 0.29) is 25.7 Å². The molecule has 0 aromatic carbocycles. The largest absolute Gasteiger partial charge is 0.472 e. The molecule has 0 amide bonds. The Balaban J connectivity index is 5.29. The molecule has 0 heterocycles. The van der Waals surface area contributed by atoms with Gasteiger partial charge in [0.05, 0.1) is 26.4 Å². The third-order valence-electron chi connectivity index (χ3n) is 15.0. The Labute approximate surface area is 529 Å². The van der Waals surface area contributed by atoms with Crippen LogP contribution in [0.4, 0.5) is 0 Å². The standard InChI is InChI=1S/C68H128O17P2/c1-8-9-10-11-12-13-14-15-16-17-18-21-28-37-44-51-67(72)84-63(55-78-65(70)49-42-35-30-23-26-33-40-47-60(4)5)57-82-86(74,75)80-53-62(69)54-81-87(76,77)83-58-64(56-79-66(71)50-43-36-31-24-27-34-41-48-61(6)7)85-68(73)52-45-38-29-22-19-20-25-32-39-46-59(2)3/h13-16,59-64,69H,8-12,17-58H2,1-7H3,(H,74,75)(H,76,77)/b14-13-,16-15-/t62?,63-,64-/m1/s1. The minimum atomic E-state index is -4.96. The molecule has 512 valence electrons. The van der Waals surface area contributed by atoms with Gasteiger partial charge in [-0.2, -0.15) is 0 Å². The lowest BCUT2D eigenvalue weighted by molar-refractivity contribution is -0.161. The maximum atomic E-state index is 13.0. The number of allylic oxidation sites excluding steroid dienone is 4. The molecule has 0 bridgehead atoms. The summed E-state index contributed by atoms with van der Waals surface area (Å²) in [5.74, 6) is -0.0229. The van der Waals surface area contributed by atoms with E-state index in [4.69, 9.17) is 37.0 Å². The van der Waals surface area contributed by atoms with Gasteiger partial charge < -0.3 is 33.8 Å². The fourth-order valence-corrected chi connectivity index (χ4v) is 11.2. The zero-order valence-corrected chi connectivity index (χ0v) is 57.7. The van der Waals surface area contributed by atoms with Gasteiger partial charge in [-0.3, -0.25) is 37.3 Å². The number of phosphoric ester groups is 2. The lowest BCUT2D eigenvalue weighted by atomic mass is 10.0. The van der Waals surface area contributed by atoms with Crippen LogP contribution in [-0.4, -0.2) is 96.7 Å². The van der Waals surface area contributed by atoms with Gasteiger partial charge in [-0.25, -0.2) is 9.13 Å². The first-order valence-electron chi connectivity index (χ1n) is 34.7. The van der Waals surface area contributed by atoms with E-state index in [1.54, 1.807) is 0 Å². The second-order valence-corrected chi connectivity index (χ2v) is 28.2. The van der Waals surface area contributed by atoms with E-state index in [1.165, 1.54) is 96.3 Å². The van der Waals surface area contributed by atoms with Crippen LogP contribution in [-0.2, 0) is 65.4 Å². The van der Waals surface area contributed by atoms with Crippen molar-refractivity contribution in [3.8, 4) is 0 Å². The number of unbranched alkanes of at least 4 members (excludes halogenated alkanes) is 29. The number of phosphoric acid groups is 2. The monoisotopic (exact) mass is 1280 g/mol. The van der Waals surface area contributed by atoms with Gasteiger partial charge in [0.2, 0.25) is 0 Å². The fourth-order valence-electron chi connectivity index (χ4n) is 9.65. The highest BCUT2D eigenvalue weighted by molar-refractivity contribution is 7.47. The first kappa shape index (κ1) is 84.5. The second kappa shape index (κ2) is 58.6. The van der Waals surface area contributed by atoms with E-state index in [2.05, 4.69) is 72.8 Å². The first-order valence-corrected chi connectivity index (χ1v) is 37.7. The molecule has 0 saturated heterocycles. The highest BCUT2D eigenvalue weighted by Gasteiger charge is 2.30. The topological polar surface area (TPSA) is 237 Å². The van der Waals surface area contributed by atoms with E-state index in [0.717, 1.165) is 121 Å². The third kappa shape index (κ3) is 62.1. The van der Waals surface area contributed by atoms with Crippen molar-refractivity contribution in [3.63, 3.8) is 0 Å². The molecular formula is C68H128O17P2. The highest BCUT2D eigenvalue weighted by atomic mass is 31.2. The Morgan fingerprint density at radius 1 is 0.356 bits per heavy atom. The average molecular weight is 1280 g/mol. The number of ether oxygens (including phenoxy) is 4. The van der Waals surface area contributed by atoms with Crippen LogP contribution in [0, 0.1) is 17.8 Å². The third-order valence-corrected chi connectivity index (χ3v) is 16.9. The Bertz CT molecular complexity index is 1810. The van der Waals surface area contributed by atoms with Crippen LogP contribution in [0.15, 0.2) is 24.3 Å². The minimum Gasteiger partial charge on any atom is -0.462 e. The number of carbonyl (C=O) groups excluding carboxylic acids is 4. The van der Waals surface area contributed by atoms with Crippen molar-refractivity contribution in [2.24, 2.45) is 17.8 Å². The van der Waals surface area contributed by atoms with Gasteiger partial charge in [0.15, 0.2) is 12.2 Å². The lowest BCUT2D eigenvalue weighted by Gasteiger charge is -2.21. The van der Waals surface area contributed by atoms with Gasteiger partial charge in [0.1, 0.15) is 19.3 Å². The summed E-state index contributed by atoms with van der Waals surface area (Å²) < 4.78 is 68.1. The van der Waals surface area contributed by atoms with Gasteiger partial charge in [-0.1, -0.05) is 259 Å². The van der Waals surface area contributed by atoms with E-state index < -0.39 is 97.5 Å². The molecule has 5 atom stereocenters. The molecule has 0 aromatic rings. The Kier molecular flexibility index (Phi) is 57.0. The number of rotatable bonds is 64. The molecule has 87 heavy (non-hydrogen) atoms. The van der Waals surface area contributed by atoms with Crippen molar-refractivity contribution in [2.45, 2.75) is 330 Å². The van der Waals surface area contributed by atoms with Crippen molar-refractivity contribution in [2.75, 3.05) is 39.6 Å². The number of hydrogen-bond donors (Lipinski definition) is 3. The van der Waals surface area contributed by atoms with Crippen LogP contribution in [0.2, 0.25) is 0 Å². The minimum absolute atomic E-state index is 0.0836. The molecule has 0 radical (unpaired) electrons. The van der Waals surface area contributed by atoms with Gasteiger partial charge in [0.25, 0.3) is 0 Å². The molecule has 0 saturated carbocycles. The van der Waals surface area contributed by atoms with Crippen LogP contribution < -0.4 is 0 Å². The van der Waals surface area contributed by atoms with Crippen molar-refractivity contribution in [1.29, 1.82) is 0 Å². The molecule has 0 aliphatic carbocycles. The van der Waals surface area contributed by atoms with Crippen molar-refractivity contribution >= 4 is 39.5 Å². The molecule has 3 N–H and O–H groups in total. The van der Waals surface area contributed by atoms with Crippen molar-refractivity contribution < 1.29 is 80.2 Å². The molecular weight excluding hydrogens is 1150 g/mol. The molecule has 17 nitrogen and oxygen atoms in total. The molecule has 3 unspecified atom stereocenters. The van der Waals surface area contributed by atoms with E-state index in [1.807, 2.05) is 0 Å². The summed E-state index contributed by atoms with van der Waals surface area (Å²) in [5.41, 5.74) is 0. The maximum Gasteiger partial charge on any atom is 0.472 e.